The third-order valence-electron chi connectivity index (χ3n) is 7.77. The molecular weight excluding hydrogens is 569 g/mol. The number of rotatable bonds is 7. The molecule has 1 heterocycles. The number of amides is 2. The number of alkyl halides is 6. The molecule has 12 heteroatoms. The van der Waals surface area contributed by atoms with Crippen LogP contribution in [0.1, 0.15) is 73.3 Å². The van der Waals surface area contributed by atoms with E-state index in [0.29, 0.717) is 36.1 Å². The van der Waals surface area contributed by atoms with E-state index in [2.05, 4.69) is 0 Å². The number of likely N-dealkylation sites (tertiary alicyclic amines) is 1. The van der Waals surface area contributed by atoms with Crippen molar-refractivity contribution < 1.29 is 45.4 Å². The molecule has 1 aliphatic carbocycles. The second-order valence-electron chi connectivity index (χ2n) is 11.9. The van der Waals surface area contributed by atoms with Crippen LogP contribution in [0.3, 0.4) is 0 Å². The van der Waals surface area contributed by atoms with Crippen LogP contribution >= 0.6 is 0 Å². The number of carbonyl (C=O) groups excluding carboxylic acids is 2. The standard InChI is InChI=1S/C30H33F7N2O3/c1-17-10-21(31)4-7-23(17)25-16-38(26(40)14-28(2,3)42)9-8-24(25)27(41)39(22-5-6-22)15-18-11-19(29(32,33)34)13-20(12-18)30(35,36)37/h4,7,10-13,22,24-25,42H,5-6,8-9,14-16H2,1-3H3. The molecule has 2 atom stereocenters. The number of piperidine rings is 1. The molecule has 0 bridgehead atoms. The van der Waals surface area contributed by atoms with E-state index in [1.807, 2.05) is 0 Å². The zero-order valence-electron chi connectivity index (χ0n) is 23.4. The summed E-state index contributed by atoms with van der Waals surface area (Å²) in [6, 6.07) is 5.06. The van der Waals surface area contributed by atoms with Crippen LogP contribution < -0.4 is 0 Å². The molecule has 2 aromatic rings. The van der Waals surface area contributed by atoms with E-state index in [1.54, 1.807) is 6.92 Å². The van der Waals surface area contributed by atoms with Gasteiger partial charge in [-0.05, 0) is 87.1 Å². The van der Waals surface area contributed by atoms with Crippen molar-refractivity contribution in [3.63, 3.8) is 0 Å². The molecule has 4 rings (SSSR count). The van der Waals surface area contributed by atoms with E-state index in [-0.39, 0.29) is 49.5 Å². The number of nitrogens with zero attached hydrogens (tertiary/aromatic N) is 2. The smallest absolute Gasteiger partial charge is 0.390 e. The summed E-state index contributed by atoms with van der Waals surface area (Å²) >= 11 is 0. The van der Waals surface area contributed by atoms with Gasteiger partial charge in [0.1, 0.15) is 5.82 Å². The number of aryl methyl sites for hydroxylation is 1. The second-order valence-corrected chi connectivity index (χ2v) is 11.9. The van der Waals surface area contributed by atoms with Crippen molar-refractivity contribution in [2.45, 2.75) is 82.9 Å². The Labute approximate surface area is 239 Å². The van der Waals surface area contributed by atoms with E-state index >= 15 is 0 Å². The fourth-order valence-corrected chi connectivity index (χ4v) is 5.62. The molecule has 5 nitrogen and oxygen atoms in total. The molecule has 0 aromatic heterocycles. The van der Waals surface area contributed by atoms with Crippen LogP contribution in [0.2, 0.25) is 0 Å². The van der Waals surface area contributed by atoms with Gasteiger partial charge in [0.2, 0.25) is 11.8 Å². The highest BCUT2D eigenvalue weighted by molar-refractivity contribution is 5.82. The Hall–Kier alpha value is -3.15. The summed E-state index contributed by atoms with van der Waals surface area (Å²) in [5, 5.41) is 10.1. The van der Waals surface area contributed by atoms with Crippen molar-refractivity contribution in [2.24, 2.45) is 5.92 Å². The number of hydrogen-bond donors (Lipinski definition) is 1. The van der Waals surface area contributed by atoms with Crippen LogP contribution in [0.5, 0.6) is 0 Å². The summed E-state index contributed by atoms with van der Waals surface area (Å²) < 4.78 is 94.8. The monoisotopic (exact) mass is 602 g/mol. The minimum absolute atomic E-state index is 0.0561. The molecule has 2 amide bonds. The highest BCUT2D eigenvalue weighted by Gasteiger charge is 2.44. The first-order chi connectivity index (χ1) is 19.3. The van der Waals surface area contributed by atoms with E-state index in [0.717, 1.165) is 0 Å². The first kappa shape index (κ1) is 31.8. The van der Waals surface area contributed by atoms with Gasteiger partial charge in [-0.1, -0.05) is 6.07 Å². The summed E-state index contributed by atoms with van der Waals surface area (Å²) in [6.07, 6.45) is -8.90. The Bertz CT molecular complexity index is 1300. The van der Waals surface area contributed by atoms with Crippen LogP contribution in [0.15, 0.2) is 36.4 Å². The third kappa shape index (κ3) is 7.62. The average Bonchev–Trinajstić information content (AvgIpc) is 3.70. The normalized spacial score (nSPS) is 20.0. The van der Waals surface area contributed by atoms with Crippen LogP contribution in [-0.4, -0.2) is 51.5 Å². The van der Waals surface area contributed by atoms with Crippen LogP contribution in [-0.2, 0) is 28.5 Å². The predicted octanol–water partition coefficient (Wildman–Crippen LogP) is 6.46. The molecule has 0 radical (unpaired) electrons. The Balaban J connectivity index is 1.68. The van der Waals surface area contributed by atoms with Crippen molar-refractivity contribution >= 4 is 11.8 Å². The second kappa shape index (κ2) is 11.5. The number of aliphatic hydroxyl groups is 1. The lowest BCUT2D eigenvalue weighted by atomic mass is 9.78. The molecule has 2 unspecified atom stereocenters. The SMILES string of the molecule is Cc1cc(F)ccc1C1CN(C(=O)CC(C)(C)O)CCC1C(=O)N(Cc1cc(C(F)(F)F)cc(C(F)(F)F)c1)C1CC1. The van der Waals surface area contributed by atoms with E-state index < -0.39 is 59.2 Å². The fraction of sp³-hybridized carbons (Fsp3) is 0.533. The topological polar surface area (TPSA) is 60.9 Å². The Kier molecular flexibility index (Phi) is 8.70. The maximum Gasteiger partial charge on any atom is 0.416 e. The van der Waals surface area contributed by atoms with Gasteiger partial charge in [-0.2, -0.15) is 26.3 Å². The molecule has 2 fully saturated rings. The quantitative estimate of drug-likeness (QED) is 0.371. The third-order valence-corrected chi connectivity index (χ3v) is 7.77. The number of carbonyl (C=O) groups is 2. The predicted molar refractivity (Wildman–Crippen MR) is 139 cm³/mol. The van der Waals surface area contributed by atoms with Gasteiger partial charge >= 0.3 is 12.4 Å². The lowest BCUT2D eigenvalue weighted by Gasteiger charge is -2.41. The van der Waals surface area contributed by atoms with E-state index in [4.69, 9.17) is 0 Å². The number of benzene rings is 2. The van der Waals surface area contributed by atoms with Gasteiger partial charge in [0.15, 0.2) is 0 Å². The number of halogens is 7. The van der Waals surface area contributed by atoms with Crippen LogP contribution in [0.25, 0.3) is 0 Å². The molecule has 230 valence electrons. The van der Waals surface area contributed by atoms with Gasteiger partial charge in [0.25, 0.3) is 0 Å². The number of hydrogen-bond acceptors (Lipinski definition) is 3. The maximum absolute atomic E-state index is 14.1. The highest BCUT2D eigenvalue weighted by Crippen LogP contribution is 2.41. The van der Waals surface area contributed by atoms with Crippen molar-refractivity contribution in [1.29, 1.82) is 0 Å². The maximum atomic E-state index is 14.1. The summed E-state index contributed by atoms with van der Waals surface area (Å²) in [7, 11) is 0. The van der Waals surface area contributed by atoms with Crippen LogP contribution in [0.4, 0.5) is 30.7 Å². The van der Waals surface area contributed by atoms with Crippen molar-refractivity contribution in [3.8, 4) is 0 Å². The lowest BCUT2D eigenvalue weighted by molar-refractivity contribution is -0.144. The molecular formula is C30H33F7N2O3. The first-order valence-electron chi connectivity index (χ1n) is 13.7. The zero-order valence-corrected chi connectivity index (χ0v) is 23.4. The van der Waals surface area contributed by atoms with Crippen molar-refractivity contribution in [3.05, 3.63) is 70.0 Å². The van der Waals surface area contributed by atoms with Gasteiger partial charge in [-0.25, -0.2) is 4.39 Å². The van der Waals surface area contributed by atoms with Gasteiger partial charge in [-0.3, -0.25) is 9.59 Å². The fourth-order valence-electron chi connectivity index (χ4n) is 5.62. The molecule has 2 aliphatic rings. The average molecular weight is 603 g/mol. The molecule has 42 heavy (non-hydrogen) atoms. The van der Waals surface area contributed by atoms with E-state index in [1.165, 1.54) is 41.8 Å². The van der Waals surface area contributed by atoms with Crippen molar-refractivity contribution in [1.82, 2.24) is 9.80 Å². The van der Waals surface area contributed by atoms with Crippen molar-refractivity contribution in [2.75, 3.05) is 13.1 Å². The summed E-state index contributed by atoms with van der Waals surface area (Å²) in [5.41, 5.74) is -3.30. The molecule has 1 saturated carbocycles. The molecule has 1 aliphatic heterocycles. The Morgan fingerprint density at radius 3 is 2.05 bits per heavy atom. The molecule has 2 aromatic carbocycles. The molecule has 0 spiro atoms. The Morgan fingerprint density at radius 2 is 1.55 bits per heavy atom. The van der Waals surface area contributed by atoms with Gasteiger partial charge in [-0.15, -0.1) is 0 Å². The van der Waals surface area contributed by atoms with Gasteiger partial charge in [0, 0.05) is 37.5 Å². The molecule has 1 N–H and O–H groups in total. The van der Waals surface area contributed by atoms with Gasteiger partial charge in [0.05, 0.1) is 23.1 Å². The van der Waals surface area contributed by atoms with Gasteiger partial charge < -0.3 is 14.9 Å². The zero-order chi connectivity index (χ0) is 31.2. The highest BCUT2D eigenvalue weighted by atomic mass is 19.4. The summed E-state index contributed by atoms with van der Waals surface area (Å²) in [6.45, 7) is 4.46. The summed E-state index contributed by atoms with van der Waals surface area (Å²) in [5.74, 6) is -2.62. The summed E-state index contributed by atoms with van der Waals surface area (Å²) in [4.78, 5) is 29.9. The lowest BCUT2D eigenvalue weighted by Crippen LogP contribution is -2.49. The van der Waals surface area contributed by atoms with Crippen LogP contribution in [0, 0.1) is 18.7 Å². The molecule has 1 saturated heterocycles. The minimum atomic E-state index is -5.02. The first-order valence-corrected chi connectivity index (χ1v) is 13.7. The largest absolute Gasteiger partial charge is 0.416 e. The van der Waals surface area contributed by atoms with E-state index in [9.17, 15) is 45.4 Å². The Morgan fingerprint density at radius 1 is 0.952 bits per heavy atom. The minimum Gasteiger partial charge on any atom is -0.390 e.